The number of halogens is 1. The lowest BCUT2D eigenvalue weighted by Gasteiger charge is -2.19. The SMILES string of the molecule is CC(CCCF)C1CCC(Nc2ccc(C=O)nc2)C1. The highest BCUT2D eigenvalue weighted by molar-refractivity contribution is 5.72. The molecule has 20 heavy (non-hydrogen) atoms. The first-order chi connectivity index (χ1) is 9.72. The van der Waals surface area contributed by atoms with E-state index in [9.17, 15) is 9.18 Å². The third-order valence-electron chi connectivity index (χ3n) is 4.35. The van der Waals surface area contributed by atoms with Crippen LogP contribution in [-0.2, 0) is 0 Å². The number of nitrogens with zero attached hydrogens (tertiary/aromatic N) is 1. The molecule has 1 aliphatic rings. The van der Waals surface area contributed by atoms with Gasteiger partial charge in [-0.2, -0.15) is 0 Å². The summed E-state index contributed by atoms with van der Waals surface area (Å²) in [6.07, 6.45) is 7.65. The zero-order chi connectivity index (χ0) is 14.4. The molecule has 3 unspecified atom stereocenters. The topological polar surface area (TPSA) is 42.0 Å². The van der Waals surface area contributed by atoms with Crippen molar-refractivity contribution >= 4 is 12.0 Å². The molecule has 0 saturated heterocycles. The van der Waals surface area contributed by atoms with Crippen LogP contribution in [0.1, 0.15) is 49.5 Å². The van der Waals surface area contributed by atoms with Gasteiger partial charge in [0.2, 0.25) is 0 Å². The molecule has 0 spiro atoms. The number of rotatable bonds is 7. The first kappa shape index (κ1) is 14.9. The quantitative estimate of drug-likeness (QED) is 0.770. The van der Waals surface area contributed by atoms with Gasteiger partial charge in [-0.15, -0.1) is 0 Å². The van der Waals surface area contributed by atoms with Crippen molar-refractivity contribution in [2.45, 2.75) is 45.1 Å². The zero-order valence-electron chi connectivity index (χ0n) is 12.0. The molecule has 0 radical (unpaired) electrons. The van der Waals surface area contributed by atoms with Gasteiger partial charge in [-0.1, -0.05) is 6.92 Å². The van der Waals surface area contributed by atoms with Gasteiger partial charge in [-0.3, -0.25) is 14.2 Å². The summed E-state index contributed by atoms with van der Waals surface area (Å²) in [6, 6.07) is 4.10. The minimum absolute atomic E-state index is 0.201. The van der Waals surface area contributed by atoms with Crippen LogP contribution in [0.3, 0.4) is 0 Å². The second-order valence-electron chi connectivity index (χ2n) is 5.81. The highest BCUT2D eigenvalue weighted by Gasteiger charge is 2.28. The minimum Gasteiger partial charge on any atom is -0.381 e. The summed E-state index contributed by atoms with van der Waals surface area (Å²) in [4.78, 5) is 14.6. The first-order valence-electron chi connectivity index (χ1n) is 7.46. The van der Waals surface area contributed by atoms with Crippen LogP contribution in [0.25, 0.3) is 0 Å². The number of aldehydes is 1. The molecule has 3 atom stereocenters. The van der Waals surface area contributed by atoms with Crippen LogP contribution in [0.5, 0.6) is 0 Å². The molecule has 0 amide bonds. The third-order valence-corrected chi connectivity index (χ3v) is 4.35. The van der Waals surface area contributed by atoms with Crippen LogP contribution in [0, 0.1) is 11.8 Å². The number of aromatic nitrogens is 1. The van der Waals surface area contributed by atoms with E-state index in [0.717, 1.165) is 31.2 Å². The standard InChI is InChI=1S/C16H23FN2O/c1-12(3-2-8-17)13-4-5-14(9-13)19-15-6-7-16(11-20)18-10-15/h6-7,10-14,19H,2-5,8-9H2,1H3. The second kappa shape index (κ2) is 7.36. The predicted octanol–water partition coefficient (Wildman–Crippen LogP) is 3.86. The molecular weight excluding hydrogens is 255 g/mol. The molecule has 1 saturated carbocycles. The van der Waals surface area contributed by atoms with Crippen molar-refractivity contribution in [2.75, 3.05) is 12.0 Å². The largest absolute Gasteiger partial charge is 0.381 e. The van der Waals surface area contributed by atoms with Gasteiger partial charge >= 0.3 is 0 Å². The monoisotopic (exact) mass is 278 g/mol. The number of alkyl halides is 1. The Labute approximate surface area is 120 Å². The number of nitrogens with one attached hydrogen (secondary N) is 1. The van der Waals surface area contributed by atoms with E-state index in [1.165, 1.54) is 6.42 Å². The molecule has 1 aromatic heterocycles. The summed E-state index contributed by atoms with van der Waals surface area (Å²) in [5, 5.41) is 3.48. The summed E-state index contributed by atoms with van der Waals surface area (Å²) in [5.74, 6) is 1.30. The van der Waals surface area contributed by atoms with E-state index in [-0.39, 0.29) is 6.67 Å². The molecule has 4 heteroatoms. The maximum atomic E-state index is 12.2. The Morgan fingerprint density at radius 1 is 1.50 bits per heavy atom. The Morgan fingerprint density at radius 2 is 2.35 bits per heavy atom. The van der Waals surface area contributed by atoms with Gasteiger partial charge in [-0.25, -0.2) is 0 Å². The lowest BCUT2D eigenvalue weighted by molar-refractivity contribution is 0.111. The highest BCUT2D eigenvalue weighted by atomic mass is 19.1. The Hall–Kier alpha value is -1.45. The minimum atomic E-state index is -0.201. The summed E-state index contributed by atoms with van der Waals surface area (Å²) in [6.45, 7) is 2.04. The number of pyridine rings is 1. The van der Waals surface area contributed by atoms with Crippen molar-refractivity contribution in [2.24, 2.45) is 11.8 Å². The fraction of sp³-hybridized carbons (Fsp3) is 0.625. The van der Waals surface area contributed by atoms with E-state index in [1.807, 2.05) is 6.07 Å². The van der Waals surface area contributed by atoms with Crippen molar-refractivity contribution in [1.82, 2.24) is 4.98 Å². The van der Waals surface area contributed by atoms with Crippen LogP contribution >= 0.6 is 0 Å². The van der Waals surface area contributed by atoms with E-state index >= 15 is 0 Å². The molecule has 0 aromatic carbocycles. The van der Waals surface area contributed by atoms with Gasteiger partial charge in [-0.05, 0) is 56.1 Å². The fourth-order valence-corrected chi connectivity index (χ4v) is 3.10. The Bertz CT molecular complexity index is 421. The summed E-state index contributed by atoms with van der Waals surface area (Å²) >= 11 is 0. The van der Waals surface area contributed by atoms with Crippen molar-refractivity contribution in [3.05, 3.63) is 24.0 Å². The van der Waals surface area contributed by atoms with Crippen LogP contribution in [-0.4, -0.2) is 24.0 Å². The first-order valence-corrected chi connectivity index (χ1v) is 7.46. The number of carbonyl (C=O) groups excluding carboxylic acids is 1. The maximum absolute atomic E-state index is 12.2. The molecular formula is C16H23FN2O. The normalized spacial score (nSPS) is 23.5. The predicted molar refractivity (Wildman–Crippen MR) is 78.7 cm³/mol. The summed E-state index contributed by atoms with van der Waals surface area (Å²) in [7, 11) is 0. The Morgan fingerprint density at radius 3 is 3.00 bits per heavy atom. The molecule has 1 aliphatic carbocycles. The molecule has 2 rings (SSSR count). The van der Waals surface area contributed by atoms with Crippen molar-refractivity contribution in [1.29, 1.82) is 0 Å². The van der Waals surface area contributed by atoms with Crippen molar-refractivity contribution < 1.29 is 9.18 Å². The molecule has 1 heterocycles. The van der Waals surface area contributed by atoms with E-state index in [4.69, 9.17) is 0 Å². The van der Waals surface area contributed by atoms with Crippen LogP contribution in [0.15, 0.2) is 18.3 Å². The Balaban J connectivity index is 1.81. The van der Waals surface area contributed by atoms with Crippen molar-refractivity contribution in [3.8, 4) is 0 Å². The number of anilines is 1. The fourth-order valence-electron chi connectivity index (χ4n) is 3.10. The number of carbonyl (C=O) groups is 1. The molecule has 0 bridgehead atoms. The van der Waals surface area contributed by atoms with Gasteiger partial charge in [0.1, 0.15) is 5.69 Å². The molecule has 1 aromatic rings. The molecule has 110 valence electrons. The van der Waals surface area contributed by atoms with Gasteiger partial charge in [0.15, 0.2) is 6.29 Å². The van der Waals surface area contributed by atoms with E-state index in [2.05, 4.69) is 17.2 Å². The van der Waals surface area contributed by atoms with E-state index in [0.29, 0.717) is 30.0 Å². The van der Waals surface area contributed by atoms with Crippen LogP contribution in [0.4, 0.5) is 10.1 Å². The summed E-state index contributed by atoms with van der Waals surface area (Å²) in [5.41, 5.74) is 1.43. The van der Waals surface area contributed by atoms with Gasteiger partial charge in [0.25, 0.3) is 0 Å². The van der Waals surface area contributed by atoms with Gasteiger partial charge in [0.05, 0.1) is 18.6 Å². The van der Waals surface area contributed by atoms with Gasteiger partial charge < -0.3 is 5.32 Å². The lowest BCUT2D eigenvalue weighted by atomic mass is 9.89. The molecule has 3 nitrogen and oxygen atoms in total. The molecule has 1 N–H and O–H groups in total. The molecule has 0 aliphatic heterocycles. The number of hydrogen-bond acceptors (Lipinski definition) is 3. The van der Waals surface area contributed by atoms with E-state index in [1.54, 1.807) is 12.3 Å². The molecule has 1 fully saturated rings. The second-order valence-corrected chi connectivity index (χ2v) is 5.81. The smallest absolute Gasteiger partial charge is 0.168 e. The maximum Gasteiger partial charge on any atom is 0.168 e. The third kappa shape index (κ3) is 4.02. The van der Waals surface area contributed by atoms with Gasteiger partial charge in [0, 0.05) is 6.04 Å². The van der Waals surface area contributed by atoms with E-state index < -0.39 is 0 Å². The highest BCUT2D eigenvalue weighted by Crippen LogP contribution is 2.35. The average Bonchev–Trinajstić information content (AvgIpc) is 2.94. The van der Waals surface area contributed by atoms with Crippen molar-refractivity contribution in [3.63, 3.8) is 0 Å². The van der Waals surface area contributed by atoms with Crippen LogP contribution < -0.4 is 5.32 Å². The Kier molecular flexibility index (Phi) is 5.50. The average molecular weight is 278 g/mol. The summed E-state index contributed by atoms with van der Waals surface area (Å²) < 4.78 is 12.2. The number of hydrogen-bond donors (Lipinski definition) is 1. The lowest BCUT2D eigenvalue weighted by Crippen LogP contribution is -2.17. The van der Waals surface area contributed by atoms with Crippen LogP contribution in [0.2, 0.25) is 0 Å². The zero-order valence-corrected chi connectivity index (χ0v) is 12.0.